The molecule has 0 bridgehead atoms. The van der Waals surface area contributed by atoms with Crippen LogP contribution in [0, 0.1) is 27.7 Å². The second-order valence-corrected chi connectivity index (χ2v) is 5.02. The lowest BCUT2D eigenvalue weighted by Gasteiger charge is -2.07. The molecular formula is C18H24O2. The maximum atomic E-state index is 9.30. The van der Waals surface area contributed by atoms with E-state index in [4.69, 9.17) is 4.74 Å². The highest BCUT2D eigenvalue weighted by Gasteiger charge is 2.02. The van der Waals surface area contributed by atoms with E-state index in [2.05, 4.69) is 39.0 Å². The first-order valence-electron chi connectivity index (χ1n) is 6.90. The molecular weight excluding hydrogens is 248 g/mol. The lowest BCUT2D eigenvalue weighted by molar-refractivity contribution is 0.316. The number of para-hydroxylation sites is 1. The molecule has 108 valence electrons. The van der Waals surface area contributed by atoms with Crippen LogP contribution in [0.4, 0.5) is 0 Å². The summed E-state index contributed by atoms with van der Waals surface area (Å²) in [4.78, 5) is 0. The van der Waals surface area contributed by atoms with Gasteiger partial charge in [0.1, 0.15) is 0 Å². The van der Waals surface area contributed by atoms with Crippen LogP contribution >= 0.6 is 0 Å². The second kappa shape index (κ2) is 7.59. The summed E-state index contributed by atoms with van der Waals surface area (Å²) in [5.74, 6) is 0.807. The summed E-state index contributed by atoms with van der Waals surface area (Å²) in [6.07, 6.45) is 0. The van der Waals surface area contributed by atoms with E-state index in [0.29, 0.717) is 12.4 Å². The molecule has 0 unspecified atom stereocenters. The fourth-order valence-electron chi connectivity index (χ4n) is 2.17. The van der Waals surface area contributed by atoms with Crippen LogP contribution in [0.25, 0.3) is 0 Å². The van der Waals surface area contributed by atoms with Crippen LogP contribution in [0.15, 0.2) is 36.4 Å². The van der Waals surface area contributed by atoms with Crippen molar-refractivity contribution in [1.29, 1.82) is 0 Å². The van der Waals surface area contributed by atoms with Crippen molar-refractivity contribution in [3.8, 4) is 11.5 Å². The fourth-order valence-corrected chi connectivity index (χ4v) is 2.17. The lowest BCUT2D eigenvalue weighted by atomic mass is 10.1. The van der Waals surface area contributed by atoms with Crippen LogP contribution in [0.3, 0.4) is 0 Å². The van der Waals surface area contributed by atoms with Crippen LogP contribution in [-0.2, 0) is 0 Å². The van der Waals surface area contributed by atoms with Gasteiger partial charge in [0, 0.05) is 0 Å². The van der Waals surface area contributed by atoms with E-state index in [1.807, 2.05) is 19.9 Å². The quantitative estimate of drug-likeness (QED) is 0.857. The summed E-state index contributed by atoms with van der Waals surface area (Å²) in [6, 6.07) is 11.9. The van der Waals surface area contributed by atoms with Crippen molar-refractivity contribution < 1.29 is 9.84 Å². The minimum Gasteiger partial charge on any atom is -0.504 e. The minimum atomic E-state index is 0.215. The Balaban J connectivity index is 0.000000204. The van der Waals surface area contributed by atoms with Crippen LogP contribution in [-0.4, -0.2) is 11.7 Å². The molecule has 0 aliphatic carbocycles. The van der Waals surface area contributed by atoms with Gasteiger partial charge in [-0.25, -0.2) is 0 Å². The molecule has 0 aromatic heterocycles. The molecule has 2 rings (SSSR count). The van der Waals surface area contributed by atoms with Gasteiger partial charge in [0.15, 0.2) is 11.5 Å². The van der Waals surface area contributed by atoms with Crippen LogP contribution in [0.2, 0.25) is 0 Å². The number of benzene rings is 2. The SMILES string of the molecule is CCOc1c(C)cccc1O.Cc1cc(C)cc(C)c1. The highest BCUT2D eigenvalue weighted by atomic mass is 16.5. The summed E-state index contributed by atoms with van der Waals surface area (Å²) in [5.41, 5.74) is 5.03. The van der Waals surface area contributed by atoms with E-state index in [1.165, 1.54) is 16.7 Å². The van der Waals surface area contributed by atoms with Crippen molar-refractivity contribution in [3.63, 3.8) is 0 Å². The fraction of sp³-hybridized carbons (Fsp3) is 0.333. The van der Waals surface area contributed by atoms with Gasteiger partial charge in [-0.15, -0.1) is 0 Å². The Hall–Kier alpha value is -1.96. The number of hydrogen-bond donors (Lipinski definition) is 1. The van der Waals surface area contributed by atoms with Gasteiger partial charge in [-0.3, -0.25) is 0 Å². The average Bonchev–Trinajstić information content (AvgIpc) is 2.33. The van der Waals surface area contributed by atoms with Crippen molar-refractivity contribution in [2.75, 3.05) is 6.61 Å². The Morgan fingerprint density at radius 3 is 1.80 bits per heavy atom. The molecule has 1 N–H and O–H groups in total. The van der Waals surface area contributed by atoms with Gasteiger partial charge in [0.2, 0.25) is 0 Å². The molecule has 2 aromatic rings. The van der Waals surface area contributed by atoms with Gasteiger partial charge in [0.25, 0.3) is 0 Å². The Kier molecular flexibility index (Phi) is 6.10. The molecule has 2 nitrogen and oxygen atoms in total. The van der Waals surface area contributed by atoms with E-state index in [9.17, 15) is 5.11 Å². The number of hydrogen-bond acceptors (Lipinski definition) is 2. The average molecular weight is 272 g/mol. The third-order valence-corrected chi connectivity index (χ3v) is 2.85. The predicted molar refractivity (Wildman–Crippen MR) is 84.7 cm³/mol. The smallest absolute Gasteiger partial charge is 0.163 e. The molecule has 0 amide bonds. The van der Waals surface area contributed by atoms with Crippen LogP contribution in [0.5, 0.6) is 11.5 Å². The first-order chi connectivity index (χ1) is 9.43. The molecule has 0 saturated heterocycles. The third-order valence-electron chi connectivity index (χ3n) is 2.85. The Morgan fingerprint density at radius 2 is 1.40 bits per heavy atom. The van der Waals surface area contributed by atoms with Gasteiger partial charge in [-0.1, -0.05) is 47.0 Å². The minimum absolute atomic E-state index is 0.215. The summed E-state index contributed by atoms with van der Waals surface area (Å²) in [6.45, 7) is 10.8. The van der Waals surface area contributed by atoms with Crippen molar-refractivity contribution in [2.45, 2.75) is 34.6 Å². The molecule has 2 aromatic carbocycles. The van der Waals surface area contributed by atoms with Gasteiger partial charge in [0.05, 0.1) is 6.61 Å². The number of aryl methyl sites for hydroxylation is 4. The summed E-state index contributed by atoms with van der Waals surface area (Å²) in [5, 5.41) is 9.30. The Morgan fingerprint density at radius 1 is 0.900 bits per heavy atom. The van der Waals surface area contributed by atoms with Gasteiger partial charge in [-0.2, -0.15) is 0 Å². The first-order valence-corrected chi connectivity index (χ1v) is 6.90. The van der Waals surface area contributed by atoms with E-state index in [1.54, 1.807) is 12.1 Å². The normalized spacial score (nSPS) is 9.65. The predicted octanol–water partition coefficient (Wildman–Crippen LogP) is 4.71. The summed E-state index contributed by atoms with van der Waals surface area (Å²) in [7, 11) is 0. The Labute approximate surface area is 122 Å². The highest BCUT2D eigenvalue weighted by molar-refractivity contribution is 5.44. The first kappa shape index (κ1) is 16.1. The number of aromatic hydroxyl groups is 1. The van der Waals surface area contributed by atoms with Crippen LogP contribution < -0.4 is 4.74 Å². The molecule has 0 fully saturated rings. The topological polar surface area (TPSA) is 29.5 Å². The van der Waals surface area contributed by atoms with Gasteiger partial charge >= 0.3 is 0 Å². The van der Waals surface area contributed by atoms with Crippen LogP contribution in [0.1, 0.15) is 29.2 Å². The summed E-state index contributed by atoms with van der Waals surface area (Å²) < 4.78 is 5.22. The summed E-state index contributed by atoms with van der Waals surface area (Å²) >= 11 is 0. The lowest BCUT2D eigenvalue weighted by Crippen LogP contribution is -1.93. The van der Waals surface area contributed by atoms with E-state index < -0.39 is 0 Å². The van der Waals surface area contributed by atoms with Crippen molar-refractivity contribution in [2.24, 2.45) is 0 Å². The van der Waals surface area contributed by atoms with Crippen molar-refractivity contribution in [3.05, 3.63) is 58.7 Å². The largest absolute Gasteiger partial charge is 0.504 e. The zero-order valence-electron chi connectivity index (χ0n) is 13.0. The van der Waals surface area contributed by atoms with E-state index in [0.717, 1.165) is 5.56 Å². The maximum Gasteiger partial charge on any atom is 0.163 e. The van der Waals surface area contributed by atoms with Crippen molar-refractivity contribution in [1.82, 2.24) is 0 Å². The maximum absolute atomic E-state index is 9.30. The molecule has 0 saturated carbocycles. The highest BCUT2D eigenvalue weighted by Crippen LogP contribution is 2.28. The zero-order chi connectivity index (χ0) is 15.1. The molecule has 0 heterocycles. The standard InChI is InChI=1S/C9H12O2.C9H12/c1-3-11-9-7(2)5-4-6-8(9)10;1-7-4-8(2)6-9(3)5-7/h4-6,10H,3H2,1-2H3;4-6H,1-3H3. The number of phenolic OH excluding ortho intramolecular Hbond substituents is 1. The molecule has 0 aliphatic heterocycles. The molecule has 0 spiro atoms. The molecule has 0 atom stereocenters. The Bertz CT molecular complexity index is 489. The number of rotatable bonds is 2. The van der Waals surface area contributed by atoms with Crippen molar-refractivity contribution >= 4 is 0 Å². The third kappa shape index (κ3) is 4.96. The number of phenols is 1. The van der Waals surface area contributed by atoms with Gasteiger partial charge in [-0.05, 0) is 46.2 Å². The number of ether oxygens (including phenoxy) is 1. The zero-order valence-corrected chi connectivity index (χ0v) is 13.0. The van der Waals surface area contributed by atoms with Gasteiger partial charge < -0.3 is 9.84 Å². The monoisotopic (exact) mass is 272 g/mol. The van der Waals surface area contributed by atoms with E-state index in [-0.39, 0.29) is 5.75 Å². The second-order valence-electron chi connectivity index (χ2n) is 5.02. The molecule has 0 radical (unpaired) electrons. The molecule has 20 heavy (non-hydrogen) atoms. The van der Waals surface area contributed by atoms with E-state index >= 15 is 0 Å². The molecule has 0 aliphatic rings. The molecule has 2 heteroatoms.